The van der Waals surface area contributed by atoms with Crippen LogP contribution in [0.5, 0.6) is 0 Å². The Balaban J connectivity index is 1.87. The lowest BCUT2D eigenvalue weighted by atomic mass is 10.1. The second-order valence-corrected chi connectivity index (χ2v) is 7.37. The van der Waals surface area contributed by atoms with Crippen LogP contribution in [0.4, 0.5) is 0 Å². The molecule has 0 spiro atoms. The summed E-state index contributed by atoms with van der Waals surface area (Å²) >= 11 is 5.39. The largest absolute Gasteiger partial charge is 0.311 e. The summed E-state index contributed by atoms with van der Waals surface area (Å²) in [5.41, 5.74) is 0. The summed E-state index contributed by atoms with van der Waals surface area (Å²) in [6.45, 7) is 8.09. The molecule has 0 bridgehead atoms. The minimum absolute atomic E-state index is 0.632. The summed E-state index contributed by atoms with van der Waals surface area (Å²) in [6, 6.07) is 5.74. The highest BCUT2D eigenvalue weighted by atomic mass is 79.9. The Kier molecular flexibility index (Phi) is 5.03. The van der Waals surface area contributed by atoms with Gasteiger partial charge in [0.15, 0.2) is 0 Å². The van der Waals surface area contributed by atoms with Crippen LogP contribution in [0.3, 0.4) is 0 Å². The molecule has 0 saturated carbocycles. The van der Waals surface area contributed by atoms with E-state index in [1.165, 1.54) is 34.6 Å². The zero-order valence-electron chi connectivity index (χ0n) is 10.6. The Morgan fingerprint density at radius 2 is 2.35 bits per heavy atom. The third kappa shape index (κ3) is 3.78. The summed E-state index contributed by atoms with van der Waals surface area (Å²) in [6.07, 6.45) is 2.42. The number of hydrogen-bond acceptors (Lipinski definition) is 3. The van der Waals surface area contributed by atoms with E-state index in [0.29, 0.717) is 6.04 Å². The van der Waals surface area contributed by atoms with E-state index in [1.807, 2.05) is 11.3 Å². The number of hydrogen-bond donors (Lipinski definition) is 1. The van der Waals surface area contributed by atoms with E-state index in [-0.39, 0.29) is 0 Å². The van der Waals surface area contributed by atoms with Crippen molar-refractivity contribution in [2.24, 2.45) is 0 Å². The summed E-state index contributed by atoms with van der Waals surface area (Å²) < 4.78 is 1.24. The van der Waals surface area contributed by atoms with E-state index < -0.39 is 0 Å². The van der Waals surface area contributed by atoms with Gasteiger partial charge in [-0.05, 0) is 47.8 Å². The molecule has 1 fully saturated rings. The minimum Gasteiger partial charge on any atom is -0.311 e. The molecule has 1 aromatic rings. The highest BCUT2D eigenvalue weighted by molar-refractivity contribution is 9.11. The molecule has 0 aliphatic carbocycles. The summed E-state index contributed by atoms with van der Waals surface area (Å²) in [5.74, 6) is 0. The Morgan fingerprint density at radius 3 is 3.00 bits per heavy atom. The van der Waals surface area contributed by atoms with E-state index >= 15 is 0 Å². The topological polar surface area (TPSA) is 15.3 Å². The van der Waals surface area contributed by atoms with Gasteiger partial charge in [-0.1, -0.05) is 6.92 Å². The van der Waals surface area contributed by atoms with Crippen molar-refractivity contribution in [2.45, 2.75) is 38.8 Å². The highest BCUT2D eigenvalue weighted by Gasteiger charge is 2.23. The fourth-order valence-electron chi connectivity index (χ4n) is 2.45. The first-order chi connectivity index (χ1) is 8.19. The van der Waals surface area contributed by atoms with Gasteiger partial charge in [0.05, 0.1) is 3.79 Å². The van der Waals surface area contributed by atoms with Crippen molar-refractivity contribution >= 4 is 27.3 Å². The van der Waals surface area contributed by atoms with Crippen molar-refractivity contribution < 1.29 is 0 Å². The van der Waals surface area contributed by atoms with Gasteiger partial charge in [0.25, 0.3) is 0 Å². The van der Waals surface area contributed by atoms with Crippen LogP contribution in [0, 0.1) is 0 Å². The number of piperazine rings is 1. The maximum atomic E-state index is 3.57. The van der Waals surface area contributed by atoms with Crippen LogP contribution in [-0.2, 0) is 6.42 Å². The van der Waals surface area contributed by atoms with Gasteiger partial charge < -0.3 is 5.32 Å². The lowest BCUT2D eigenvalue weighted by Crippen LogP contribution is -2.55. The number of rotatable bonds is 4. The predicted octanol–water partition coefficient (Wildman–Crippen LogP) is 3.13. The van der Waals surface area contributed by atoms with Gasteiger partial charge in [-0.15, -0.1) is 11.3 Å². The van der Waals surface area contributed by atoms with Crippen LogP contribution in [0.2, 0.25) is 0 Å². The third-order valence-electron chi connectivity index (χ3n) is 3.47. The minimum atomic E-state index is 0.632. The SMILES string of the molecule is CCC1CNC(C)CN1CCc1ccc(Br)s1. The zero-order valence-corrected chi connectivity index (χ0v) is 13.0. The van der Waals surface area contributed by atoms with Gasteiger partial charge >= 0.3 is 0 Å². The second kappa shape index (κ2) is 6.32. The maximum absolute atomic E-state index is 3.57. The highest BCUT2D eigenvalue weighted by Crippen LogP contribution is 2.23. The number of nitrogens with zero attached hydrogens (tertiary/aromatic N) is 1. The van der Waals surface area contributed by atoms with E-state index in [9.17, 15) is 0 Å². The molecule has 1 saturated heterocycles. The second-order valence-electron chi connectivity index (χ2n) is 4.82. The van der Waals surface area contributed by atoms with Gasteiger partial charge in [0, 0.05) is 36.6 Å². The quantitative estimate of drug-likeness (QED) is 0.918. The van der Waals surface area contributed by atoms with Crippen molar-refractivity contribution in [2.75, 3.05) is 19.6 Å². The van der Waals surface area contributed by atoms with Crippen molar-refractivity contribution in [3.63, 3.8) is 0 Å². The molecule has 2 heterocycles. The Bertz CT molecular complexity index is 353. The molecule has 1 aliphatic rings. The first-order valence-corrected chi connectivity index (χ1v) is 8.01. The van der Waals surface area contributed by atoms with E-state index in [0.717, 1.165) is 12.6 Å². The number of halogens is 1. The predicted molar refractivity (Wildman–Crippen MR) is 78.8 cm³/mol. The molecule has 0 radical (unpaired) electrons. The van der Waals surface area contributed by atoms with Gasteiger partial charge in [-0.2, -0.15) is 0 Å². The van der Waals surface area contributed by atoms with Crippen LogP contribution in [-0.4, -0.2) is 36.6 Å². The molecule has 2 unspecified atom stereocenters. The van der Waals surface area contributed by atoms with Crippen LogP contribution < -0.4 is 5.32 Å². The van der Waals surface area contributed by atoms with Crippen LogP contribution in [0.1, 0.15) is 25.1 Å². The fourth-order valence-corrected chi connectivity index (χ4v) is 3.92. The van der Waals surface area contributed by atoms with Crippen molar-refractivity contribution in [1.29, 1.82) is 0 Å². The van der Waals surface area contributed by atoms with Crippen LogP contribution in [0.15, 0.2) is 15.9 Å². The maximum Gasteiger partial charge on any atom is 0.0701 e. The normalized spacial score (nSPS) is 26.3. The van der Waals surface area contributed by atoms with Crippen LogP contribution >= 0.6 is 27.3 Å². The fraction of sp³-hybridized carbons (Fsp3) is 0.692. The third-order valence-corrected chi connectivity index (χ3v) is 5.16. The Hall–Kier alpha value is 0.1000. The van der Waals surface area contributed by atoms with Crippen molar-refractivity contribution in [3.05, 3.63) is 20.8 Å². The molecule has 0 amide bonds. The standard InChI is InChI=1S/C13H21BrN2S/c1-3-11-8-15-10(2)9-16(11)7-6-12-4-5-13(14)17-12/h4-5,10-11,15H,3,6-9H2,1-2H3. The lowest BCUT2D eigenvalue weighted by Gasteiger charge is -2.39. The molecule has 1 aliphatic heterocycles. The molecular weight excluding hydrogens is 296 g/mol. The molecule has 96 valence electrons. The zero-order chi connectivity index (χ0) is 12.3. The molecule has 0 aromatic carbocycles. The van der Waals surface area contributed by atoms with Gasteiger partial charge in [-0.3, -0.25) is 4.90 Å². The average molecular weight is 317 g/mol. The Labute approximate surface area is 117 Å². The smallest absolute Gasteiger partial charge is 0.0701 e. The molecule has 1 N–H and O–H groups in total. The molecular formula is C13H21BrN2S. The lowest BCUT2D eigenvalue weighted by molar-refractivity contribution is 0.133. The van der Waals surface area contributed by atoms with Crippen molar-refractivity contribution in [3.8, 4) is 0 Å². The molecule has 17 heavy (non-hydrogen) atoms. The van der Waals surface area contributed by atoms with E-state index in [2.05, 4.69) is 52.1 Å². The Morgan fingerprint density at radius 1 is 1.53 bits per heavy atom. The number of thiophene rings is 1. The first kappa shape index (κ1) is 13.5. The van der Waals surface area contributed by atoms with E-state index in [1.54, 1.807) is 0 Å². The molecule has 4 heteroatoms. The first-order valence-electron chi connectivity index (χ1n) is 6.40. The van der Waals surface area contributed by atoms with Crippen molar-refractivity contribution in [1.82, 2.24) is 10.2 Å². The number of nitrogens with one attached hydrogen (secondary N) is 1. The monoisotopic (exact) mass is 316 g/mol. The average Bonchev–Trinajstić information content (AvgIpc) is 2.73. The summed E-state index contributed by atoms with van der Waals surface area (Å²) in [5, 5.41) is 3.57. The van der Waals surface area contributed by atoms with Crippen LogP contribution in [0.25, 0.3) is 0 Å². The van der Waals surface area contributed by atoms with Gasteiger partial charge in [0.2, 0.25) is 0 Å². The molecule has 1 aromatic heterocycles. The molecule has 2 atom stereocenters. The van der Waals surface area contributed by atoms with E-state index in [4.69, 9.17) is 0 Å². The van der Waals surface area contributed by atoms with Gasteiger partial charge in [0.1, 0.15) is 0 Å². The summed E-state index contributed by atoms with van der Waals surface area (Å²) in [4.78, 5) is 4.13. The summed E-state index contributed by atoms with van der Waals surface area (Å²) in [7, 11) is 0. The van der Waals surface area contributed by atoms with Gasteiger partial charge in [-0.25, -0.2) is 0 Å². The molecule has 2 nitrogen and oxygen atoms in total. The molecule has 2 rings (SSSR count).